The average Bonchev–Trinajstić information content (AvgIpc) is 3.23. The molecule has 2 amide bonds. The molecule has 23 heavy (non-hydrogen) atoms. The summed E-state index contributed by atoms with van der Waals surface area (Å²) in [7, 11) is 0. The van der Waals surface area contributed by atoms with E-state index in [-0.39, 0.29) is 24.5 Å². The van der Waals surface area contributed by atoms with Gasteiger partial charge in [0, 0.05) is 31.8 Å². The number of carbonyl (C=O) groups is 2. The van der Waals surface area contributed by atoms with Gasteiger partial charge in [0.1, 0.15) is 5.71 Å². The lowest BCUT2D eigenvalue weighted by molar-refractivity contribution is -0.123. The Hall–Kier alpha value is -2.57. The molecule has 7 nitrogen and oxygen atoms in total. The molecule has 1 N–H and O–H groups in total. The third-order valence-electron chi connectivity index (χ3n) is 4.49. The number of rotatable bonds is 2. The Morgan fingerprint density at radius 1 is 1.26 bits per heavy atom. The van der Waals surface area contributed by atoms with E-state index in [1.165, 1.54) is 0 Å². The van der Waals surface area contributed by atoms with Crippen molar-refractivity contribution in [1.29, 1.82) is 0 Å². The van der Waals surface area contributed by atoms with Gasteiger partial charge in [-0.3, -0.25) is 9.59 Å². The zero-order valence-electron chi connectivity index (χ0n) is 12.6. The molecule has 0 aliphatic carbocycles. The summed E-state index contributed by atoms with van der Waals surface area (Å²) in [4.78, 5) is 25.4. The molecule has 120 valence electrons. The van der Waals surface area contributed by atoms with Crippen LogP contribution in [0.1, 0.15) is 30.7 Å². The van der Waals surface area contributed by atoms with Gasteiger partial charge in [0.2, 0.25) is 12.7 Å². The van der Waals surface area contributed by atoms with Crippen molar-refractivity contribution < 1.29 is 19.1 Å². The standard InChI is InChI=1S/C16H17N3O4/c20-15-4-2-12(17-18-15)16(21)19-6-5-11(8-19)10-1-3-13-14(7-10)23-9-22-13/h1,3,7,11H,2,4-6,8-9H2,(H,18,20). The summed E-state index contributed by atoms with van der Waals surface area (Å²) in [5, 5.41) is 3.89. The third-order valence-corrected chi connectivity index (χ3v) is 4.49. The summed E-state index contributed by atoms with van der Waals surface area (Å²) in [6.07, 6.45) is 1.64. The van der Waals surface area contributed by atoms with Crippen molar-refractivity contribution in [3.8, 4) is 11.5 Å². The number of hydrogen-bond donors (Lipinski definition) is 1. The van der Waals surface area contributed by atoms with Gasteiger partial charge in [-0.2, -0.15) is 5.10 Å². The number of hydrazone groups is 1. The van der Waals surface area contributed by atoms with Crippen LogP contribution in [-0.2, 0) is 9.59 Å². The summed E-state index contributed by atoms with van der Waals surface area (Å²) in [6.45, 7) is 1.62. The number of likely N-dealkylation sites (tertiary alicyclic amines) is 1. The molecule has 0 saturated carbocycles. The molecule has 3 aliphatic heterocycles. The van der Waals surface area contributed by atoms with Crippen molar-refractivity contribution in [2.45, 2.75) is 25.2 Å². The highest BCUT2D eigenvalue weighted by Crippen LogP contribution is 2.37. The second-order valence-electron chi connectivity index (χ2n) is 5.94. The Balaban J connectivity index is 1.45. The molecule has 1 fully saturated rings. The Morgan fingerprint density at radius 2 is 2.13 bits per heavy atom. The minimum Gasteiger partial charge on any atom is -0.454 e. The minimum atomic E-state index is -0.138. The van der Waals surface area contributed by atoms with Crippen molar-refractivity contribution in [1.82, 2.24) is 10.3 Å². The second-order valence-corrected chi connectivity index (χ2v) is 5.94. The fraction of sp³-hybridized carbons (Fsp3) is 0.438. The molecule has 0 aromatic heterocycles. The van der Waals surface area contributed by atoms with Gasteiger partial charge in [0.05, 0.1) is 0 Å². The lowest BCUT2D eigenvalue weighted by atomic mass is 9.98. The first-order valence-corrected chi connectivity index (χ1v) is 7.75. The molecular weight excluding hydrogens is 298 g/mol. The molecule has 1 aromatic carbocycles. The van der Waals surface area contributed by atoms with Gasteiger partial charge < -0.3 is 14.4 Å². The molecule has 0 bridgehead atoms. The van der Waals surface area contributed by atoms with E-state index < -0.39 is 0 Å². The Bertz CT molecular complexity index is 701. The van der Waals surface area contributed by atoms with Crippen LogP contribution < -0.4 is 14.9 Å². The molecule has 3 aliphatic rings. The number of amides is 2. The number of fused-ring (bicyclic) bond motifs is 1. The van der Waals surface area contributed by atoms with Gasteiger partial charge in [0.15, 0.2) is 11.5 Å². The van der Waals surface area contributed by atoms with E-state index in [1.807, 2.05) is 23.1 Å². The van der Waals surface area contributed by atoms with E-state index in [9.17, 15) is 9.59 Å². The van der Waals surface area contributed by atoms with Crippen LogP contribution in [0.15, 0.2) is 23.3 Å². The number of hydrogen-bond acceptors (Lipinski definition) is 5. The zero-order chi connectivity index (χ0) is 15.8. The number of benzene rings is 1. The fourth-order valence-corrected chi connectivity index (χ4v) is 3.19. The highest BCUT2D eigenvalue weighted by Gasteiger charge is 2.31. The van der Waals surface area contributed by atoms with Gasteiger partial charge in [-0.1, -0.05) is 6.07 Å². The van der Waals surface area contributed by atoms with Gasteiger partial charge in [0.25, 0.3) is 5.91 Å². The molecule has 4 rings (SSSR count). The van der Waals surface area contributed by atoms with E-state index in [0.717, 1.165) is 23.5 Å². The first kappa shape index (κ1) is 14.0. The van der Waals surface area contributed by atoms with Crippen LogP contribution in [0.3, 0.4) is 0 Å². The van der Waals surface area contributed by atoms with Gasteiger partial charge >= 0.3 is 0 Å². The summed E-state index contributed by atoms with van der Waals surface area (Å²) in [6, 6.07) is 5.95. The number of nitrogens with zero attached hydrogens (tertiary/aromatic N) is 2. The molecule has 7 heteroatoms. The first-order valence-electron chi connectivity index (χ1n) is 7.75. The molecule has 1 atom stereocenters. The van der Waals surface area contributed by atoms with Crippen LogP contribution >= 0.6 is 0 Å². The van der Waals surface area contributed by atoms with Crippen LogP contribution in [0.2, 0.25) is 0 Å². The lowest BCUT2D eigenvalue weighted by Crippen LogP contribution is -2.38. The monoisotopic (exact) mass is 315 g/mol. The number of ether oxygens (including phenoxy) is 2. The molecule has 1 aromatic rings. The highest BCUT2D eigenvalue weighted by molar-refractivity contribution is 6.39. The average molecular weight is 315 g/mol. The third kappa shape index (κ3) is 2.62. The number of nitrogens with one attached hydrogen (secondary N) is 1. The van der Waals surface area contributed by atoms with Crippen LogP contribution in [-0.4, -0.2) is 42.3 Å². The van der Waals surface area contributed by atoms with E-state index in [1.54, 1.807) is 0 Å². The predicted octanol–water partition coefficient (Wildman–Crippen LogP) is 0.997. The molecule has 0 spiro atoms. The molecule has 1 unspecified atom stereocenters. The van der Waals surface area contributed by atoms with Crippen LogP contribution in [0.5, 0.6) is 11.5 Å². The summed E-state index contributed by atoms with van der Waals surface area (Å²) in [5.41, 5.74) is 3.98. The highest BCUT2D eigenvalue weighted by atomic mass is 16.7. The maximum atomic E-state index is 12.5. The summed E-state index contributed by atoms with van der Waals surface area (Å²) < 4.78 is 10.7. The van der Waals surface area contributed by atoms with Gasteiger partial charge in [-0.25, -0.2) is 5.43 Å². The molecule has 1 saturated heterocycles. The SMILES string of the molecule is O=C1CCC(C(=O)N2CCC(c3ccc4c(c3)OCO4)C2)=NN1. The van der Waals surface area contributed by atoms with Crippen LogP contribution in [0.25, 0.3) is 0 Å². The minimum absolute atomic E-state index is 0.0757. The van der Waals surface area contributed by atoms with Gasteiger partial charge in [-0.15, -0.1) is 0 Å². The zero-order valence-corrected chi connectivity index (χ0v) is 12.6. The van der Waals surface area contributed by atoms with Crippen molar-refractivity contribution >= 4 is 17.5 Å². The van der Waals surface area contributed by atoms with Crippen molar-refractivity contribution in [2.24, 2.45) is 5.10 Å². The first-order chi connectivity index (χ1) is 11.2. The molecule has 3 heterocycles. The molecular formula is C16H17N3O4. The van der Waals surface area contributed by atoms with E-state index in [2.05, 4.69) is 10.5 Å². The lowest BCUT2D eigenvalue weighted by Gasteiger charge is -2.19. The second kappa shape index (κ2) is 5.57. The van der Waals surface area contributed by atoms with Gasteiger partial charge in [-0.05, 0) is 24.1 Å². The van der Waals surface area contributed by atoms with Crippen molar-refractivity contribution in [3.05, 3.63) is 23.8 Å². The van der Waals surface area contributed by atoms with E-state index in [4.69, 9.17) is 9.47 Å². The quantitative estimate of drug-likeness (QED) is 0.883. The van der Waals surface area contributed by atoms with Crippen LogP contribution in [0.4, 0.5) is 0 Å². The summed E-state index contributed by atoms with van der Waals surface area (Å²) >= 11 is 0. The summed E-state index contributed by atoms with van der Waals surface area (Å²) in [5.74, 6) is 1.61. The van der Waals surface area contributed by atoms with Crippen LogP contribution in [0, 0.1) is 0 Å². The maximum Gasteiger partial charge on any atom is 0.270 e. The van der Waals surface area contributed by atoms with E-state index >= 15 is 0 Å². The van der Waals surface area contributed by atoms with E-state index in [0.29, 0.717) is 31.6 Å². The Morgan fingerprint density at radius 3 is 2.96 bits per heavy atom. The Kier molecular flexibility index (Phi) is 3.40. The maximum absolute atomic E-state index is 12.5. The normalized spacial score (nSPS) is 22.8. The van der Waals surface area contributed by atoms with Crippen molar-refractivity contribution in [2.75, 3.05) is 19.9 Å². The predicted molar refractivity (Wildman–Crippen MR) is 81.3 cm³/mol. The topological polar surface area (TPSA) is 80.2 Å². The molecule has 0 radical (unpaired) electrons. The largest absolute Gasteiger partial charge is 0.454 e. The van der Waals surface area contributed by atoms with Crippen molar-refractivity contribution in [3.63, 3.8) is 0 Å². The fourth-order valence-electron chi connectivity index (χ4n) is 3.19. The number of carbonyl (C=O) groups excluding carboxylic acids is 2. The Labute approximate surface area is 133 Å². The smallest absolute Gasteiger partial charge is 0.270 e.